The third kappa shape index (κ3) is 4.52. The molecule has 1 aromatic heterocycles. The minimum atomic E-state index is -0.405. The molecule has 0 saturated carbocycles. The van der Waals surface area contributed by atoms with E-state index in [1.54, 1.807) is 6.07 Å². The summed E-state index contributed by atoms with van der Waals surface area (Å²) in [6.45, 7) is 4.91. The molecule has 2 aromatic rings. The smallest absolute Gasteiger partial charge is 0.258 e. The van der Waals surface area contributed by atoms with Gasteiger partial charge < -0.3 is 10.6 Å². The number of amides is 1. The lowest BCUT2D eigenvalue weighted by Crippen LogP contribution is -2.14. The first kappa shape index (κ1) is 14.9. The van der Waals surface area contributed by atoms with Gasteiger partial charge in [-0.3, -0.25) is 4.79 Å². The van der Waals surface area contributed by atoms with E-state index in [2.05, 4.69) is 34.4 Å². The van der Waals surface area contributed by atoms with Crippen molar-refractivity contribution in [1.29, 1.82) is 0 Å². The highest BCUT2D eigenvalue weighted by Gasteiger charge is 2.08. The fraction of sp³-hybridized carbons (Fsp3) is 0.267. The van der Waals surface area contributed by atoms with Crippen LogP contribution in [-0.2, 0) is 0 Å². The Hall–Kier alpha value is -2.50. The lowest BCUT2D eigenvalue weighted by Gasteiger charge is -2.08. The molecule has 21 heavy (non-hydrogen) atoms. The van der Waals surface area contributed by atoms with Crippen molar-refractivity contribution in [3.63, 3.8) is 0 Å². The molecule has 1 heterocycles. The number of benzene rings is 1. The van der Waals surface area contributed by atoms with Crippen molar-refractivity contribution in [2.24, 2.45) is 5.92 Å². The predicted molar refractivity (Wildman–Crippen MR) is 79.7 cm³/mol. The highest BCUT2D eigenvalue weighted by atomic mass is 19.1. The van der Waals surface area contributed by atoms with E-state index in [9.17, 15) is 9.18 Å². The van der Waals surface area contributed by atoms with Crippen LogP contribution in [-0.4, -0.2) is 22.4 Å². The van der Waals surface area contributed by atoms with Crippen molar-refractivity contribution >= 4 is 17.5 Å². The van der Waals surface area contributed by atoms with Crippen LogP contribution in [0.2, 0.25) is 0 Å². The van der Waals surface area contributed by atoms with Crippen molar-refractivity contribution in [3.05, 3.63) is 48.0 Å². The minimum absolute atomic E-state index is 0.314. The van der Waals surface area contributed by atoms with E-state index in [-0.39, 0.29) is 5.91 Å². The van der Waals surface area contributed by atoms with Crippen molar-refractivity contribution in [2.45, 2.75) is 13.8 Å². The number of nitrogens with zero attached hydrogens (tertiary/aromatic N) is 2. The molecule has 0 unspecified atom stereocenters. The Balaban J connectivity index is 1.99. The van der Waals surface area contributed by atoms with Crippen molar-refractivity contribution in [3.8, 4) is 0 Å². The fourth-order valence-corrected chi connectivity index (χ4v) is 1.60. The molecule has 2 N–H and O–H groups in total. The Morgan fingerprint density at radius 1 is 1.29 bits per heavy atom. The monoisotopic (exact) mass is 288 g/mol. The zero-order valence-corrected chi connectivity index (χ0v) is 11.9. The molecule has 1 amide bonds. The molecule has 0 aliphatic carbocycles. The average molecular weight is 288 g/mol. The van der Waals surface area contributed by atoms with Crippen LogP contribution in [0.4, 0.5) is 16.0 Å². The Morgan fingerprint density at radius 3 is 2.62 bits per heavy atom. The molecule has 0 radical (unpaired) electrons. The van der Waals surface area contributed by atoms with Crippen molar-refractivity contribution < 1.29 is 9.18 Å². The summed E-state index contributed by atoms with van der Waals surface area (Å²) in [6.07, 6.45) is 2.87. The second-order valence-electron chi connectivity index (χ2n) is 5.03. The molecule has 2 rings (SSSR count). The van der Waals surface area contributed by atoms with Crippen LogP contribution in [0.3, 0.4) is 0 Å². The Bertz CT molecular complexity index is 613. The minimum Gasteiger partial charge on any atom is -0.354 e. The molecule has 0 fully saturated rings. The maximum Gasteiger partial charge on any atom is 0.258 e. The van der Waals surface area contributed by atoms with E-state index in [4.69, 9.17) is 0 Å². The molecular formula is C15H17FN4O. The summed E-state index contributed by atoms with van der Waals surface area (Å²) in [6, 6.07) is 5.70. The molecule has 0 atom stereocenters. The van der Waals surface area contributed by atoms with Gasteiger partial charge in [-0.05, 0) is 24.1 Å². The van der Waals surface area contributed by atoms with E-state index >= 15 is 0 Å². The molecule has 0 aliphatic heterocycles. The number of aromatic nitrogens is 2. The molecule has 0 saturated heterocycles. The van der Waals surface area contributed by atoms with Gasteiger partial charge in [0.25, 0.3) is 5.91 Å². The van der Waals surface area contributed by atoms with Gasteiger partial charge in [-0.25, -0.2) is 14.4 Å². The SMILES string of the molecule is CC(C)CNc1ncc(C(=O)Nc2cccc(F)c2)cn1. The quantitative estimate of drug-likeness (QED) is 0.887. The highest BCUT2D eigenvalue weighted by Crippen LogP contribution is 2.11. The van der Waals surface area contributed by atoms with Gasteiger partial charge in [-0.1, -0.05) is 19.9 Å². The Kier molecular flexibility index (Phi) is 4.81. The van der Waals surface area contributed by atoms with Crippen LogP contribution >= 0.6 is 0 Å². The van der Waals surface area contributed by atoms with E-state index < -0.39 is 5.82 Å². The largest absolute Gasteiger partial charge is 0.354 e. The highest BCUT2D eigenvalue weighted by molar-refractivity contribution is 6.03. The maximum atomic E-state index is 13.0. The first-order valence-corrected chi connectivity index (χ1v) is 6.67. The van der Waals surface area contributed by atoms with Crippen LogP contribution < -0.4 is 10.6 Å². The zero-order chi connectivity index (χ0) is 15.2. The van der Waals surface area contributed by atoms with Crippen LogP contribution in [0.25, 0.3) is 0 Å². The van der Waals surface area contributed by atoms with Crippen LogP contribution in [0.15, 0.2) is 36.7 Å². The Morgan fingerprint density at radius 2 is 2.00 bits per heavy atom. The van der Waals surface area contributed by atoms with Gasteiger partial charge in [0.1, 0.15) is 5.82 Å². The Labute approximate surface area is 122 Å². The molecule has 0 spiro atoms. The van der Waals surface area contributed by atoms with Crippen LogP contribution in [0, 0.1) is 11.7 Å². The number of rotatable bonds is 5. The molecular weight excluding hydrogens is 271 g/mol. The molecule has 1 aromatic carbocycles. The van der Waals surface area contributed by atoms with Gasteiger partial charge in [0.2, 0.25) is 5.95 Å². The number of anilines is 2. The number of carbonyl (C=O) groups excluding carboxylic acids is 1. The molecule has 0 aliphatic rings. The van der Waals surface area contributed by atoms with Gasteiger partial charge in [-0.2, -0.15) is 0 Å². The topological polar surface area (TPSA) is 66.9 Å². The zero-order valence-electron chi connectivity index (χ0n) is 11.9. The molecule has 0 bridgehead atoms. The summed E-state index contributed by atoms with van der Waals surface area (Å²) in [7, 11) is 0. The first-order valence-electron chi connectivity index (χ1n) is 6.67. The predicted octanol–water partition coefficient (Wildman–Crippen LogP) is 2.94. The van der Waals surface area contributed by atoms with E-state index in [0.717, 1.165) is 6.54 Å². The summed E-state index contributed by atoms with van der Waals surface area (Å²) in [5.74, 6) is 0.170. The van der Waals surface area contributed by atoms with Crippen LogP contribution in [0.5, 0.6) is 0 Å². The van der Waals surface area contributed by atoms with E-state index in [1.165, 1.54) is 30.6 Å². The normalized spacial score (nSPS) is 10.5. The fourth-order valence-electron chi connectivity index (χ4n) is 1.60. The van der Waals surface area contributed by atoms with Crippen molar-refractivity contribution in [1.82, 2.24) is 9.97 Å². The second kappa shape index (κ2) is 6.78. The summed E-state index contributed by atoms with van der Waals surface area (Å²) in [4.78, 5) is 20.1. The third-order valence-corrected chi connectivity index (χ3v) is 2.66. The van der Waals surface area contributed by atoms with Gasteiger partial charge >= 0.3 is 0 Å². The van der Waals surface area contributed by atoms with E-state index in [1.807, 2.05) is 0 Å². The lowest BCUT2D eigenvalue weighted by molar-refractivity contribution is 0.102. The summed E-state index contributed by atoms with van der Waals surface area (Å²) in [5, 5.41) is 5.65. The molecule has 6 heteroatoms. The van der Waals surface area contributed by atoms with Gasteiger partial charge in [0, 0.05) is 24.6 Å². The lowest BCUT2D eigenvalue weighted by atomic mass is 10.2. The maximum absolute atomic E-state index is 13.0. The summed E-state index contributed by atoms with van der Waals surface area (Å²) in [5.41, 5.74) is 0.705. The standard InChI is InChI=1S/C15H17FN4O/c1-10(2)7-17-15-18-8-11(9-19-15)14(21)20-13-5-3-4-12(16)6-13/h3-6,8-10H,7H2,1-2H3,(H,20,21)(H,17,18,19). The van der Waals surface area contributed by atoms with Gasteiger partial charge in [0.15, 0.2) is 0 Å². The summed E-state index contributed by atoms with van der Waals surface area (Å²) < 4.78 is 13.0. The number of hydrogen-bond donors (Lipinski definition) is 2. The van der Waals surface area contributed by atoms with Crippen LogP contribution in [0.1, 0.15) is 24.2 Å². The van der Waals surface area contributed by atoms with Gasteiger partial charge in [-0.15, -0.1) is 0 Å². The van der Waals surface area contributed by atoms with E-state index in [0.29, 0.717) is 23.1 Å². The first-order chi connectivity index (χ1) is 10.0. The van der Waals surface area contributed by atoms with Gasteiger partial charge in [0.05, 0.1) is 5.56 Å². The number of halogens is 1. The second-order valence-corrected chi connectivity index (χ2v) is 5.03. The number of carbonyl (C=O) groups is 1. The average Bonchev–Trinajstić information content (AvgIpc) is 2.45. The number of nitrogens with one attached hydrogen (secondary N) is 2. The number of hydrogen-bond acceptors (Lipinski definition) is 4. The molecule has 110 valence electrons. The summed E-state index contributed by atoms with van der Waals surface area (Å²) >= 11 is 0. The molecule has 5 nitrogen and oxygen atoms in total. The van der Waals surface area contributed by atoms with Crippen molar-refractivity contribution in [2.75, 3.05) is 17.2 Å². The third-order valence-electron chi connectivity index (χ3n) is 2.66.